The second-order valence-electron chi connectivity index (χ2n) is 2.82. The third-order valence-electron chi connectivity index (χ3n) is 1.87. The van der Waals surface area contributed by atoms with E-state index in [0.717, 1.165) is 15.5 Å². The van der Waals surface area contributed by atoms with Crippen LogP contribution in [-0.2, 0) is 0 Å². The number of hydrogen-bond acceptors (Lipinski definition) is 2. The fourth-order valence-electron chi connectivity index (χ4n) is 1.17. The molecule has 0 saturated carbocycles. The van der Waals surface area contributed by atoms with E-state index in [1.807, 2.05) is 35.7 Å². The number of thiophene rings is 1. The summed E-state index contributed by atoms with van der Waals surface area (Å²) in [7, 11) is 0. The molecule has 0 radical (unpaired) electrons. The van der Waals surface area contributed by atoms with E-state index in [-0.39, 0.29) is 0 Å². The molecular weight excluding hydrogens is 214 g/mol. The van der Waals surface area contributed by atoms with E-state index in [4.69, 9.17) is 16.9 Å². The van der Waals surface area contributed by atoms with Crippen LogP contribution < -0.4 is 0 Å². The molecule has 1 aromatic heterocycles. The van der Waals surface area contributed by atoms with Gasteiger partial charge in [0.1, 0.15) is 0 Å². The van der Waals surface area contributed by atoms with E-state index < -0.39 is 0 Å². The Morgan fingerprint density at radius 1 is 1.21 bits per heavy atom. The van der Waals surface area contributed by atoms with Gasteiger partial charge in [-0.15, -0.1) is 11.3 Å². The van der Waals surface area contributed by atoms with Crippen LogP contribution in [0.25, 0.3) is 10.4 Å². The highest BCUT2D eigenvalue weighted by atomic mass is 35.5. The van der Waals surface area contributed by atoms with Gasteiger partial charge in [-0.05, 0) is 23.8 Å². The van der Waals surface area contributed by atoms with Crippen LogP contribution >= 0.6 is 22.9 Å². The van der Waals surface area contributed by atoms with Crippen LogP contribution in [0.15, 0.2) is 35.7 Å². The lowest BCUT2D eigenvalue weighted by Crippen LogP contribution is -1.74. The summed E-state index contributed by atoms with van der Waals surface area (Å²) in [6, 6.07) is 11.5. The number of halogens is 1. The van der Waals surface area contributed by atoms with Gasteiger partial charge in [0.25, 0.3) is 0 Å². The first-order valence-corrected chi connectivity index (χ1v) is 5.30. The van der Waals surface area contributed by atoms with E-state index in [1.54, 1.807) is 11.3 Å². The van der Waals surface area contributed by atoms with Crippen molar-refractivity contribution in [1.29, 1.82) is 5.26 Å². The van der Waals surface area contributed by atoms with Gasteiger partial charge >= 0.3 is 0 Å². The Bertz CT molecular complexity index is 479. The standard InChI is InChI=1S/C11H6ClNS/c12-10-5-11(14-7-10)9-3-1-8(6-13)2-4-9/h1-5,7H. The molecule has 0 aliphatic carbocycles. The maximum atomic E-state index is 8.63. The highest BCUT2D eigenvalue weighted by Gasteiger charge is 2.00. The molecule has 0 aliphatic heterocycles. The van der Waals surface area contributed by atoms with Crippen molar-refractivity contribution in [3.8, 4) is 16.5 Å². The second kappa shape index (κ2) is 3.83. The Morgan fingerprint density at radius 2 is 1.93 bits per heavy atom. The zero-order valence-corrected chi connectivity index (χ0v) is 8.77. The van der Waals surface area contributed by atoms with Gasteiger partial charge in [0.15, 0.2) is 0 Å². The van der Waals surface area contributed by atoms with E-state index in [0.29, 0.717) is 5.56 Å². The predicted molar refractivity (Wildman–Crippen MR) is 59.5 cm³/mol. The van der Waals surface area contributed by atoms with Crippen LogP contribution in [0.1, 0.15) is 5.56 Å². The summed E-state index contributed by atoms with van der Waals surface area (Å²) < 4.78 is 0. The van der Waals surface area contributed by atoms with Crippen molar-refractivity contribution < 1.29 is 0 Å². The van der Waals surface area contributed by atoms with E-state index >= 15 is 0 Å². The molecule has 1 aromatic carbocycles. The smallest absolute Gasteiger partial charge is 0.0991 e. The molecule has 0 amide bonds. The SMILES string of the molecule is N#Cc1ccc(-c2cc(Cl)cs2)cc1. The highest BCUT2D eigenvalue weighted by Crippen LogP contribution is 2.29. The molecule has 0 bridgehead atoms. The first kappa shape index (κ1) is 9.26. The fraction of sp³-hybridized carbons (Fsp3) is 0. The Morgan fingerprint density at radius 3 is 2.43 bits per heavy atom. The maximum absolute atomic E-state index is 8.63. The summed E-state index contributed by atoms with van der Waals surface area (Å²) in [6.45, 7) is 0. The molecule has 0 aliphatic rings. The van der Waals surface area contributed by atoms with Crippen LogP contribution in [0.2, 0.25) is 5.02 Å². The molecule has 1 nitrogen and oxygen atoms in total. The van der Waals surface area contributed by atoms with E-state index in [9.17, 15) is 0 Å². The van der Waals surface area contributed by atoms with Crippen molar-refractivity contribution in [2.24, 2.45) is 0 Å². The Kier molecular flexibility index (Phi) is 2.53. The van der Waals surface area contributed by atoms with Crippen LogP contribution in [-0.4, -0.2) is 0 Å². The molecule has 0 unspecified atom stereocenters. The third-order valence-corrected chi connectivity index (χ3v) is 3.19. The Balaban J connectivity index is 2.39. The minimum Gasteiger partial charge on any atom is -0.192 e. The van der Waals surface area contributed by atoms with Crippen LogP contribution in [0, 0.1) is 11.3 Å². The molecule has 68 valence electrons. The summed E-state index contributed by atoms with van der Waals surface area (Å²) in [6.07, 6.45) is 0. The number of benzene rings is 1. The van der Waals surface area contributed by atoms with E-state index in [1.165, 1.54) is 0 Å². The summed E-state index contributed by atoms with van der Waals surface area (Å²) in [5.74, 6) is 0. The molecular formula is C11H6ClNS. The van der Waals surface area contributed by atoms with Gasteiger partial charge < -0.3 is 0 Å². The molecule has 0 fully saturated rings. The van der Waals surface area contributed by atoms with Crippen molar-refractivity contribution in [3.63, 3.8) is 0 Å². The molecule has 0 N–H and O–H groups in total. The zero-order chi connectivity index (χ0) is 9.97. The first-order valence-electron chi connectivity index (χ1n) is 4.04. The van der Waals surface area contributed by atoms with Crippen LogP contribution in [0.5, 0.6) is 0 Å². The quantitative estimate of drug-likeness (QED) is 0.713. The van der Waals surface area contributed by atoms with Crippen molar-refractivity contribution in [3.05, 3.63) is 46.3 Å². The van der Waals surface area contributed by atoms with Gasteiger partial charge in [0.05, 0.1) is 16.7 Å². The fourth-order valence-corrected chi connectivity index (χ4v) is 2.26. The summed E-state index contributed by atoms with van der Waals surface area (Å²) in [5, 5.41) is 11.3. The van der Waals surface area contributed by atoms with Crippen molar-refractivity contribution >= 4 is 22.9 Å². The van der Waals surface area contributed by atoms with Crippen molar-refractivity contribution in [1.82, 2.24) is 0 Å². The minimum absolute atomic E-state index is 0.677. The average molecular weight is 220 g/mol. The van der Waals surface area contributed by atoms with Gasteiger partial charge in [-0.2, -0.15) is 5.26 Å². The Labute approximate surface area is 91.2 Å². The number of hydrogen-bond donors (Lipinski definition) is 0. The molecule has 2 rings (SSSR count). The number of rotatable bonds is 1. The van der Waals surface area contributed by atoms with Crippen molar-refractivity contribution in [2.75, 3.05) is 0 Å². The molecule has 14 heavy (non-hydrogen) atoms. The topological polar surface area (TPSA) is 23.8 Å². The lowest BCUT2D eigenvalue weighted by Gasteiger charge is -1.95. The minimum atomic E-state index is 0.677. The Hall–Kier alpha value is -1.30. The molecule has 1 heterocycles. The third kappa shape index (κ3) is 1.79. The van der Waals surface area contributed by atoms with Gasteiger partial charge in [0.2, 0.25) is 0 Å². The number of nitriles is 1. The summed E-state index contributed by atoms with van der Waals surface area (Å²) >= 11 is 7.43. The van der Waals surface area contributed by atoms with Gasteiger partial charge in [-0.25, -0.2) is 0 Å². The zero-order valence-electron chi connectivity index (χ0n) is 7.20. The normalized spacial score (nSPS) is 9.71. The monoisotopic (exact) mass is 219 g/mol. The predicted octanol–water partition coefficient (Wildman–Crippen LogP) is 3.94. The molecule has 3 heteroatoms. The molecule has 0 atom stereocenters. The average Bonchev–Trinajstić information content (AvgIpc) is 2.65. The molecule has 2 aromatic rings. The summed E-state index contributed by atoms with van der Waals surface area (Å²) in [4.78, 5) is 1.12. The lowest BCUT2D eigenvalue weighted by molar-refractivity contribution is 1.49. The molecule has 0 spiro atoms. The van der Waals surface area contributed by atoms with Gasteiger partial charge in [-0.1, -0.05) is 23.7 Å². The van der Waals surface area contributed by atoms with Gasteiger partial charge in [0, 0.05) is 10.3 Å². The first-order chi connectivity index (χ1) is 6.79. The maximum Gasteiger partial charge on any atom is 0.0991 e. The van der Waals surface area contributed by atoms with Crippen LogP contribution in [0.3, 0.4) is 0 Å². The van der Waals surface area contributed by atoms with Crippen molar-refractivity contribution in [2.45, 2.75) is 0 Å². The second-order valence-corrected chi connectivity index (χ2v) is 4.17. The van der Waals surface area contributed by atoms with Gasteiger partial charge in [-0.3, -0.25) is 0 Å². The van der Waals surface area contributed by atoms with E-state index in [2.05, 4.69) is 6.07 Å². The van der Waals surface area contributed by atoms with Crippen LogP contribution in [0.4, 0.5) is 0 Å². The highest BCUT2D eigenvalue weighted by molar-refractivity contribution is 7.14. The largest absolute Gasteiger partial charge is 0.192 e. The summed E-state index contributed by atoms with van der Waals surface area (Å²) in [5.41, 5.74) is 1.78. The lowest BCUT2D eigenvalue weighted by atomic mass is 10.1. The molecule has 0 saturated heterocycles. The number of nitrogens with zero attached hydrogens (tertiary/aromatic N) is 1.